The zero-order valence-corrected chi connectivity index (χ0v) is 19.9. The third-order valence-corrected chi connectivity index (χ3v) is 4.69. The summed E-state index contributed by atoms with van der Waals surface area (Å²) in [6.07, 6.45) is 2.93. The highest BCUT2D eigenvalue weighted by Gasteiger charge is 2.29. The molecule has 0 radical (unpaired) electrons. The van der Waals surface area contributed by atoms with E-state index in [0.717, 1.165) is 50.5 Å². The first-order valence-electron chi connectivity index (χ1n) is 9.51. The molecule has 2 N–H and O–H groups in total. The summed E-state index contributed by atoms with van der Waals surface area (Å²) in [5.74, 6) is 2.77. The van der Waals surface area contributed by atoms with Gasteiger partial charge in [-0.1, -0.05) is 6.07 Å². The maximum atomic E-state index is 5.82. The van der Waals surface area contributed by atoms with E-state index in [-0.39, 0.29) is 29.6 Å². The van der Waals surface area contributed by atoms with Crippen LogP contribution < -0.4 is 24.8 Å². The number of ether oxygens (including phenoxy) is 4. The summed E-state index contributed by atoms with van der Waals surface area (Å²) < 4.78 is 22.2. The maximum Gasteiger partial charge on any atom is 0.203 e. The molecule has 0 saturated carbocycles. The van der Waals surface area contributed by atoms with Gasteiger partial charge in [-0.15, -0.1) is 24.0 Å². The molecule has 1 fully saturated rings. The van der Waals surface area contributed by atoms with Gasteiger partial charge in [0, 0.05) is 25.3 Å². The van der Waals surface area contributed by atoms with E-state index < -0.39 is 0 Å². The monoisotopic (exact) mass is 507 g/mol. The van der Waals surface area contributed by atoms with E-state index in [1.165, 1.54) is 0 Å². The number of hydrogen-bond acceptors (Lipinski definition) is 5. The average Bonchev–Trinajstić information content (AvgIpc) is 3.12. The Balaban J connectivity index is 0.00000392. The molecule has 1 saturated heterocycles. The van der Waals surface area contributed by atoms with Gasteiger partial charge in [0.1, 0.15) is 0 Å². The molecule has 28 heavy (non-hydrogen) atoms. The van der Waals surface area contributed by atoms with E-state index in [1.54, 1.807) is 21.3 Å². The molecule has 8 heteroatoms. The van der Waals surface area contributed by atoms with Crippen LogP contribution in [0.3, 0.4) is 0 Å². The van der Waals surface area contributed by atoms with Crippen LogP contribution in [0.15, 0.2) is 17.1 Å². The van der Waals surface area contributed by atoms with Crippen LogP contribution in [0.1, 0.15) is 32.3 Å². The normalized spacial score (nSPS) is 19.0. The lowest BCUT2D eigenvalue weighted by Crippen LogP contribution is -2.40. The molecule has 1 aromatic rings. The standard InChI is InChI=1S/C20H33N3O4.HI/c1-6-21-19(23-14-20(2)11-7-13-27-20)22-12-10-15-8-9-16(24-3)18(26-5)17(15)25-4;/h8-9H,6-7,10-14H2,1-5H3,(H2,21,22,23);1H. The van der Waals surface area contributed by atoms with Crippen molar-refractivity contribution in [2.75, 3.05) is 47.6 Å². The third-order valence-electron chi connectivity index (χ3n) is 4.69. The molecule has 0 aromatic heterocycles. The topological polar surface area (TPSA) is 73.3 Å². The van der Waals surface area contributed by atoms with Gasteiger partial charge in [-0.25, -0.2) is 0 Å². The smallest absolute Gasteiger partial charge is 0.203 e. The van der Waals surface area contributed by atoms with Crippen LogP contribution in [0.25, 0.3) is 0 Å². The Labute approximate surface area is 185 Å². The molecule has 2 rings (SSSR count). The summed E-state index contributed by atoms with van der Waals surface area (Å²) in [6.45, 7) is 7.19. The Morgan fingerprint density at radius 3 is 2.46 bits per heavy atom. The molecule has 1 aromatic carbocycles. The van der Waals surface area contributed by atoms with Gasteiger partial charge < -0.3 is 29.6 Å². The zero-order valence-electron chi connectivity index (χ0n) is 17.6. The van der Waals surface area contributed by atoms with Gasteiger partial charge >= 0.3 is 0 Å². The second-order valence-electron chi connectivity index (χ2n) is 6.77. The second-order valence-corrected chi connectivity index (χ2v) is 6.77. The van der Waals surface area contributed by atoms with Crippen LogP contribution in [-0.4, -0.2) is 59.1 Å². The highest BCUT2D eigenvalue weighted by molar-refractivity contribution is 14.0. The average molecular weight is 507 g/mol. The Kier molecular flexibility index (Phi) is 10.7. The van der Waals surface area contributed by atoms with Gasteiger partial charge in [0.05, 0.1) is 33.5 Å². The molecular formula is C20H34IN3O4. The molecule has 160 valence electrons. The van der Waals surface area contributed by atoms with Gasteiger partial charge in [0.15, 0.2) is 17.5 Å². The van der Waals surface area contributed by atoms with E-state index in [2.05, 4.69) is 24.5 Å². The number of benzene rings is 1. The lowest BCUT2D eigenvalue weighted by atomic mass is 10.0. The number of halogens is 1. The van der Waals surface area contributed by atoms with E-state index in [0.29, 0.717) is 23.8 Å². The Hall–Kier alpha value is -1.42. The minimum absolute atomic E-state index is 0. The maximum absolute atomic E-state index is 5.82. The number of hydrogen-bond donors (Lipinski definition) is 2. The zero-order chi connectivity index (χ0) is 19.7. The van der Waals surface area contributed by atoms with E-state index >= 15 is 0 Å². The highest BCUT2D eigenvalue weighted by atomic mass is 127. The molecular weight excluding hydrogens is 473 g/mol. The van der Waals surface area contributed by atoms with Crippen LogP contribution in [-0.2, 0) is 11.2 Å². The first-order valence-corrected chi connectivity index (χ1v) is 9.51. The van der Waals surface area contributed by atoms with Gasteiger partial charge in [-0.3, -0.25) is 4.99 Å². The fourth-order valence-electron chi connectivity index (χ4n) is 3.23. The molecule has 0 amide bonds. The number of nitrogens with one attached hydrogen (secondary N) is 2. The second kappa shape index (κ2) is 12.2. The van der Waals surface area contributed by atoms with Crippen molar-refractivity contribution in [2.24, 2.45) is 4.99 Å². The number of rotatable bonds is 9. The van der Waals surface area contributed by atoms with Crippen molar-refractivity contribution >= 4 is 29.9 Å². The van der Waals surface area contributed by atoms with Crippen LogP contribution in [0.2, 0.25) is 0 Å². The molecule has 1 unspecified atom stereocenters. The van der Waals surface area contributed by atoms with Crippen molar-refractivity contribution < 1.29 is 18.9 Å². The summed E-state index contributed by atoms with van der Waals surface area (Å²) in [7, 11) is 4.87. The molecule has 0 aliphatic carbocycles. The van der Waals surface area contributed by atoms with E-state index in [1.807, 2.05) is 12.1 Å². The van der Waals surface area contributed by atoms with Crippen molar-refractivity contribution in [3.05, 3.63) is 17.7 Å². The Bertz CT molecular complexity index is 634. The largest absolute Gasteiger partial charge is 0.493 e. The van der Waals surface area contributed by atoms with Crippen LogP contribution in [0, 0.1) is 0 Å². The van der Waals surface area contributed by atoms with Crippen molar-refractivity contribution in [2.45, 2.75) is 38.7 Å². The van der Waals surface area contributed by atoms with E-state index in [9.17, 15) is 0 Å². The Morgan fingerprint density at radius 2 is 1.89 bits per heavy atom. The number of guanidine groups is 1. The summed E-state index contributed by atoms with van der Waals surface area (Å²) in [6, 6.07) is 3.90. The van der Waals surface area contributed by atoms with Gasteiger partial charge in [0.2, 0.25) is 5.75 Å². The van der Waals surface area contributed by atoms with E-state index in [4.69, 9.17) is 23.9 Å². The van der Waals surface area contributed by atoms with Crippen LogP contribution in [0.5, 0.6) is 17.2 Å². The summed E-state index contributed by atoms with van der Waals surface area (Å²) in [4.78, 5) is 4.70. The predicted molar refractivity (Wildman–Crippen MR) is 123 cm³/mol. The summed E-state index contributed by atoms with van der Waals surface area (Å²) in [5.41, 5.74) is 0.902. The van der Waals surface area contributed by atoms with Gasteiger partial charge in [-0.05, 0) is 39.2 Å². The molecule has 0 bridgehead atoms. The van der Waals surface area contributed by atoms with Crippen LogP contribution in [0.4, 0.5) is 0 Å². The van der Waals surface area contributed by atoms with Gasteiger partial charge in [0.25, 0.3) is 0 Å². The molecule has 1 aliphatic heterocycles. The Morgan fingerprint density at radius 1 is 1.14 bits per heavy atom. The summed E-state index contributed by atoms with van der Waals surface area (Å²) >= 11 is 0. The van der Waals surface area contributed by atoms with Crippen LogP contribution >= 0.6 is 24.0 Å². The van der Waals surface area contributed by atoms with Gasteiger partial charge in [-0.2, -0.15) is 0 Å². The number of nitrogens with zero attached hydrogens (tertiary/aromatic N) is 1. The van der Waals surface area contributed by atoms with Crippen molar-refractivity contribution in [3.8, 4) is 17.2 Å². The van der Waals surface area contributed by atoms with Crippen molar-refractivity contribution in [1.82, 2.24) is 10.6 Å². The fourth-order valence-corrected chi connectivity index (χ4v) is 3.23. The van der Waals surface area contributed by atoms with Crippen molar-refractivity contribution in [1.29, 1.82) is 0 Å². The summed E-state index contributed by atoms with van der Waals surface area (Å²) in [5, 5.41) is 6.67. The molecule has 1 heterocycles. The first kappa shape index (κ1) is 24.6. The first-order chi connectivity index (χ1) is 13.1. The lowest BCUT2D eigenvalue weighted by molar-refractivity contribution is 0.0283. The molecule has 0 spiro atoms. The molecule has 1 aliphatic rings. The number of aliphatic imine (C=N–C) groups is 1. The number of methoxy groups -OCH3 is 3. The highest BCUT2D eigenvalue weighted by Crippen LogP contribution is 2.39. The fraction of sp³-hybridized carbons (Fsp3) is 0.650. The van der Waals surface area contributed by atoms with Crippen molar-refractivity contribution in [3.63, 3.8) is 0 Å². The predicted octanol–water partition coefficient (Wildman–Crippen LogP) is 3.00. The third kappa shape index (κ3) is 6.58. The quantitative estimate of drug-likeness (QED) is 0.304. The lowest BCUT2D eigenvalue weighted by Gasteiger charge is -2.21. The SMILES string of the molecule is CCNC(=NCC1(C)CCCO1)NCCc1ccc(OC)c(OC)c1OC.I. The minimum atomic E-state index is -0.144. The molecule has 1 atom stereocenters. The minimum Gasteiger partial charge on any atom is -0.493 e. The molecule has 7 nitrogen and oxygen atoms in total.